The number of benzene rings is 2. The third-order valence-corrected chi connectivity index (χ3v) is 3.29. The van der Waals surface area contributed by atoms with Gasteiger partial charge in [-0.2, -0.15) is 5.26 Å². The zero-order chi connectivity index (χ0) is 15.2. The minimum atomic E-state index is -0.500. The summed E-state index contributed by atoms with van der Waals surface area (Å²) in [6.45, 7) is 1.92. The largest absolute Gasteiger partial charge is 0.324 e. The van der Waals surface area contributed by atoms with Crippen molar-refractivity contribution in [1.82, 2.24) is 0 Å². The Balaban J connectivity index is 2.23. The number of hydrogen-bond donors (Lipinski definition) is 1. The number of amides is 1. The molecule has 1 unspecified atom stereocenters. The van der Waals surface area contributed by atoms with E-state index in [1.165, 1.54) is 12.1 Å². The first kappa shape index (κ1) is 14.7. The van der Waals surface area contributed by atoms with Crippen molar-refractivity contribution in [1.29, 1.82) is 5.26 Å². The molecule has 2 aromatic carbocycles. The summed E-state index contributed by atoms with van der Waals surface area (Å²) in [5.74, 6) is -1.01. The molecule has 0 radical (unpaired) electrons. The molecule has 0 spiro atoms. The molecule has 1 atom stereocenters. The van der Waals surface area contributed by atoms with E-state index in [9.17, 15) is 9.18 Å². The number of nitrogens with zero attached hydrogens (tertiary/aromatic N) is 1. The van der Waals surface area contributed by atoms with Gasteiger partial charge in [0.15, 0.2) is 0 Å². The molecule has 1 amide bonds. The summed E-state index contributed by atoms with van der Waals surface area (Å²) in [6, 6.07) is 15.1. The Labute approximate surface area is 123 Å². The topological polar surface area (TPSA) is 52.9 Å². The lowest BCUT2D eigenvalue weighted by Gasteiger charge is -2.16. The molecule has 3 nitrogen and oxygen atoms in total. The summed E-state index contributed by atoms with van der Waals surface area (Å²) in [4.78, 5) is 12.4. The molecule has 1 N–H and O–H groups in total. The van der Waals surface area contributed by atoms with E-state index < -0.39 is 5.82 Å². The van der Waals surface area contributed by atoms with Crippen molar-refractivity contribution < 1.29 is 9.18 Å². The number of nitrogens with one attached hydrogen (secondary N) is 1. The first-order valence-electron chi connectivity index (χ1n) is 6.71. The van der Waals surface area contributed by atoms with Crippen molar-refractivity contribution in [2.45, 2.75) is 19.3 Å². The number of anilines is 1. The highest BCUT2D eigenvalue weighted by molar-refractivity contribution is 5.96. The van der Waals surface area contributed by atoms with Crippen molar-refractivity contribution in [3.63, 3.8) is 0 Å². The van der Waals surface area contributed by atoms with E-state index in [1.807, 2.05) is 43.3 Å². The van der Waals surface area contributed by atoms with Crippen LogP contribution in [0.2, 0.25) is 0 Å². The van der Waals surface area contributed by atoms with Gasteiger partial charge in [-0.3, -0.25) is 4.79 Å². The molecule has 0 bridgehead atoms. The van der Waals surface area contributed by atoms with Crippen molar-refractivity contribution in [3.05, 3.63) is 65.5 Å². The van der Waals surface area contributed by atoms with Crippen LogP contribution in [0.3, 0.4) is 0 Å². The Hall–Kier alpha value is -2.67. The zero-order valence-electron chi connectivity index (χ0n) is 11.6. The summed E-state index contributed by atoms with van der Waals surface area (Å²) in [5.41, 5.74) is 1.36. The molecule has 0 aromatic heterocycles. The minimum Gasteiger partial charge on any atom is -0.324 e. The maximum absolute atomic E-state index is 13.1. The predicted octanol–water partition coefficient (Wildman–Crippen LogP) is 3.83. The predicted molar refractivity (Wildman–Crippen MR) is 79.2 cm³/mol. The summed E-state index contributed by atoms with van der Waals surface area (Å²) >= 11 is 0. The molecule has 4 heteroatoms. The highest BCUT2D eigenvalue weighted by Crippen LogP contribution is 2.23. The van der Waals surface area contributed by atoms with Crippen molar-refractivity contribution in [2.24, 2.45) is 0 Å². The quantitative estimate of drug-likeness (QED) is 0.926. The molecule has 2 aromatic rings. The van der Waals surface area contributed by atoms with Gasteiger partial charge < -0.3 is 5.32 Å². The van der Waals surface area contributed by atoms with E-state index in [4.69, 9.17) is 5.26 Å². The molecule has 0 saturated carbocycles. The van der Waals surface area contributed by atoms with Gasteiger partial charge in [-0.1, -0.05) is 37.3 Å². The number of nitriles is 1. The van der Waals surface area contributed by atoms with Gasteiger partial charge in [0.25, 0.3) is 0 Å². The lowest BCUT2D eigenvalue weighted by atomic mass is 9.95. The van der Waals surface area contributed by atoms with Crippen LogP contribution in [-0.2, 0) is 4.79 Å². The van der Waals surface area contributed by atoms with E-state index in [-0.39, 0.29) is 17.4 Å². The monoisotopic (exact) mass is 282 g/mol. The molecule has 0 fully saturated rings. The normalized spacial score (nSPS) is 11.5. The Morgan fingerprint density at radius 3 is 2.62 bits per heavy atom. The highest BCUT2D eigenvalue weighted by atomic mass is 19.1. The van der Waals surface area contributed by atoms with Gasteiger partial charge in [0.1, 0.15) is 11.9 Å². The zero-order valence-corrected chi connectivity index (χ0v) is 11.6. The van der Waals surface area contributed by atoms with E-state index in [0.717, 1.165) is 11.6 Å². The second-order valence-electron chi connectivity index (χ2n) is 4.66. The molecule has 0 aliphatic heterocycles. The van der Waals surface area contributed by atoms with Crippen LogP contribution in [-0.4, -0.2) is 5.91 Å². The maximum Gasteiger partial charge on any atom is 0.231 e. The molecule has 0 aliphatic rings. The minimum absolute atomic E-state index is 0.117. The van der Waals surface area contributed by atoms with Crippen molar-refractivity contribution in [3.8, 4) is 6.07 Å². The average molecular weight is 282 g/mol. The third-order valence-electron chi connectivity index (χ3n) is 3.29. The fourth-order valence-corrected chi connectivity index (χ4v) is 2.20. The van der Waals surface area contributed by atoms with Crippen molar-refractivity contribution >= 4 is 11.6 Å². The summed E-state index contributed by atoms with van der Waals surface area (Å²) in [5, 5.41) is 11.7. The standard InChI is InChI=1S/C17H15FN2O/c1-2-15(12-6-4-3-5-7-12)17(21)20-16-9-8-14(18)10-13(16)11-19/h3-10,15H,2H2,1H3,(H,20,21). The number of carbonyl (C=O) groups excluding carboxylic acids is 1. The summed E-state index contributed by atoms with van der Waals surface area (Å²) in [7, 11) is 0. The molecule has 106 valence electrons. The third kappa shape index (κ3) is 3.46. The summed E-state index contributed by atoms with van der Waals surface area (Å²) < 4.78 is 13.1. The number of carbonyl (C=O) groups is 1. The Kier molecular flexibility index (Phi) is 4.68. The van der Waals surface area contributed by atoms with Gasteiger partial charge in [0.05, 0.1) is 17.2 Å². The van der Waals surface area contributed by atoms with Gasteiger partial charge in [0.2, 0.25) is 5.91 Å². The summed E-state index contributed by atoms with van der Waals surface area (Å²) in [6.07, 6.45) is 0.638. The number of hydrogen-bond acceptors (Lipinski definition) is 2. The second kappa shape index (κ2) is 6.67. The Bertz CT molecular complexity index is 677. The van der Waals surface area contributed by atoms with Gasteiger partial charge in [0, 0.05) is 0 Å². The van der Waals surface area contributed by atoms with Crippen molar-refractivity contribution in [2.75, 3.05) is 5.32 Å². The Morgan fingerprint density at radius 2 is 2.00 bits per heavy atom. The van der Waals surface area contributed by atoms with Gasteiger partial charge >= 0.3 is 0 Å². The molecular formula is C17H15FN2O. The maximum atomic E-state index is 13.1. The first-order valence-corrected chi connectivity index (χ1v) is 6.71. The SMILES string of the molecule is CCC(C(=O)Nc1ccc(F)cc1C#N)c1ccccc1. The number of rotatable bonds is 4. The van der Waals surface area contributed by atoms with E-state index >= 15 is 0 Å². The van der Waals surface area contributed by atoms with Crippen LogP contribution in [0, 0.1) is 17.1 Å². The van der Waals surface area contributed by atoms with Crippen LogP contribution < -0.4 is 5.32 Å². The molecule has 0 aliphatic carbocycles. The van der Waals surface area contributed by atoms with Gasteiger partial charge in [-0.25, -0.2) is 4.39 Å². The van der Waals surface area contributed by atoms with E-state index in [2.05, 4.69) is 5.32 Å². The van der Waals surface area contributed by atoms with Gasteiger partial charge in [-0.05, 0) is 30.2 Å². The smallest absolute Gasteiger partial charge is 0.231 e. The van der Waals surface area contributed by atoms with Crippen LogP contribution in [0.15, 0.2) is 48.5 Å². The van der Waals surface area contributed by atoms with Crippen LogP contribution in [0.1, 0.15) is 30.4 Å². The van der Waals surface area contributed by atoms with E-state index in [1.54, 1.807) is 0 Å². The van der Waals surface area contributed by atoms with Crippen LogP contribution in [0.5, 0.6) is 0 Å². The van der Waals surface area contributed by atoms with Crippen LogP contribution in [0.4, 0.5) is 10.1 Å². The molecule has 2 rings (SSSR count). The first-order chi connectivity index (χ1) is 10.2. The molecular weight excluding hydrogens is 267 g/mol. The molecule has 0 saturated heterocycles. The molecule has 0 heterocycles. The Morgan fingerprint density at radius 1 is 1.29 bits per heavy atom. The molecule has 21 heavy (non-hydrogen) atoms. The lowest BCUT2D eigenvalue weighted by Crippen LogP contribution is -2.21. The highest BCUT2D eigenvalue weighted by Gasteiger charge is 2.19. The lowest BCUT2D eigenvalue weighted by molar-refractivity contribution is -0.117. The van der Waals surface area contributed by atoms with Gasteiger partial charge in [-0.15, -0.1) is 0 Å². The fourth-order valence-electron chi connectivity index (χ4n) is 2.20. The van der Waals surface area contributed by atoms with Crippen LogP contribution >= 0.6 is 0 Å². The van der Waals surface area contributed by atoms with E-state index in [0.29, 0.717) is 12.1 Å². The average Bonchev–Trinajstić information content (AvgIpc) is 2.51. The second-order valence-corrected chi connectivity index (χ2v) is 4.66. The fraction of sp³-hybridized carbons (Fsp3) is 0.176. The number of halogens is 1. The van der Waals surface area contributed by atoms with Crippen LogP contribution in [0.25, 0.3) is 0 Å².